The number of nitrogens with one attached hydrogen (secondary N) is 1. The summed E-state index contributed by atoms with van der Waals surface area (Å²) in [5, 5.41) is 13.2. The number of phenols is 1. The average Bonchev–Trinajstić information content (AvgIpc) is 2.39. The second-order valence-electron chi connectivity index (χ2n) is 4.54. The summed E-state index contributed by atoms with van der Waals surface area (Å²) < 4.78 is 0. The lowest BCUT2D eigenvalue weighted by Crippen LogP contribution is -2.11. The van der Waals surface area contributed by atoms with Crippen molar-refractivity contribution in [3.8, 4) is 5.75 Å². The van der Waals surface area contributed by atoms with Crippen LogP contribution in [-0.2, 0) is 6.54 Å². The van der Waals surface area contributed by atoms with Crippen molar-refractivity contribution < 1.29 is 9.90 Å². The normalized spacial score (nSPS) is 10.3. The third kappa shape index (κ3) is 3.22. The van der Waals surface area contributed by atoms with Crippen LogP contribution in [-0.4, -0.2) is 11.0 Å². The minimum atomic E-state index is -0.558. The molecule has 0 spiro atoms. The third-order valence-electron chi connectivity index (χ3n) is 2.95. The van der Waals surface area contributed by atoms with Gasteiger partial charge in [-0.1, -0.05) is 29.3 Å². The molecule has 2 aromatic rings. The van der Waals surface area contributed by atoms with Crippen LogP contribution in [0.4, 0.5) is 5.69 Å². The molecule has 0 aliphatic rings. The second-order valence-corrected chi connectivity index (χ2v) is 4.95. The number of anilines is 1. The molecule has 5 heteroatoms. The molecule has 0 bridgehead atoms. The lowest BCUT2D eigenvalue weighted by atomic mass is 10.1. The lowest BCUT2D eigenvalue weighted by molar-refractivity contribution is 0.100. The summed E-state index contributed by atoms with van der Waals surface area (Å²) in [6.45, 7) is 2.42. The number of hydrogen-bond donors (Lipinski definition) is 3. The van der Waals surface area contributed by atoms with Gasteiger partial charge in [-0.25, -0.2) is 0 Å². The Labute approximate surface area is 122 Å². The molecule has 0 saturated heterocycles. The molecule has 1 amide bonds. The molecule has 0 fully saturated rings. The van der Waals surface area contributed by atoms with E-state index in [2.05, 4.69) is 5.32 Å². The maximum Gasteiger partial charge on any atom is 0.250 e. The van der Waals surface area contributed by atoms with Gasteiger partial charge < -0.3 is 16.2 Å². The first-order chi connectivity index (χ1) is 9.47. The molecule has 2 aromatic carbocycles. The van der Waals surface area contributed by atoms with E-state index in [1.165, 1.54) is 0 Å². The third-order valence-corrected chi connectivity index (χ3v) is 3.27. The van der Waals surface area contributed by atoms with Crippen LogP contribution in [0.5, 0.6) is 5.75 Å². The highest BCUT2D eigenvalue weighted by Gasteiger charge is 2.07. The number of nitrogens with two attached hydrogens (primary N) is 1. The predicted molar refractivity (Wildman–Crippen MR) is 80.1 cm³/mol. The molecule has 0 unspecified atom stereocenters. The highest BCUT2D eigenvalue weighted by Crippen LogP contribution is 2.23. The maximum absolute atomic E-state index is 11.1. The van der Waals surface area contributed by atoms with E-state index in [1.54, 1.807) is 24.3 Å². The van der Waals surface area contributed by atoms with Crippen LogP contribution < -0.4 is 11.1 Å². The Morgan fingerprint density at radius 1 is 1.30 bits per heavy atom. The van der Waals surface area contributed by atoms with Crippen LogP contribution in [0.1, 0.15) is 21.5 Å². The molecular formula is C15H15ClN2O2. The first-order valence-electron chi connectivity index (χ1n) is 6.09. The van der Waals surface area contributed by atoms with Gasteiger partial charge in [0.15, 0.2) is 0 Å². The Bertz CT molecular complexity index is 656. The monoisotopic (exact) mass is 290 g/mol. The van der Waals surface area contributed by atoms with E-state index in [-0.39, 0.29) is 11.3 Å². The van der Waals surface area contributed by atoms with E-state index in [1.807, 2.05) is 19.1 Å². The molecule has 104 valence electrons. The quantitative estimate of drug-likeness (QED) is 0.810. The number of phenolic OH excluding ortho intramolecular Hbond substituents is 1. The fourth-order valence-electron chi connectivity index (χ4n) is 1.88. The summed E-state index contributed by atoms with van der Waals surface area (Å²) in [6, 6.07) is 10.3. The van der Waals surface area contributed by atoms with Crippen molar-refractivity contribution in [2.75, 3.05) is 5.32 Å². The molecule has 2 rings (SSSR count). The summed E-state index contributed by atoms with van der Waals surface area (Å²) in [7, 11) is 0. The van der Waals surface area contributed by atoms with E-state index in [0.717, 1.165) is 16.8 Å². The van der Waals surface area contributed by atoms with Gasteiger partial charge in [0.25, 0.3) is 0 Å². The molecule has 0 aliphatic heterocycles. The molecule has 4 N–H and O–H groups in total. The van der Waals surface area contributed by atoms with Gasteiger partial charge >= 0.3 is 0 Å². The van der Waals surface area contributed by atoms with Crippen molar-refractivity contribution >= 4 is 23.2 Å². The topological polar surface area (TPSA) is 75.3 Å². The number of aryl methyl sites for hydroxylation is 1. The summed E-state index contributed by atoms with van der Waals surface area (Å²) in [6.07, 6.45) is 0. The molecule has 0 atom stereocenters. The molecule has 0 aromatic heterocycles. The Balaban J connectivity index is 2.13. The van der Waals surface area contributed by atoms with E-state index in [0.29, 0.717) is 11.6 Å². The zero-order chi connectivity index (χ0) is 14.7. The molecule has 4 nitrogen and oxygen atoms in total. The largest absolute Gasteiger partial charge is 0.508 e. The number of benzene rings is 2. The zero-order valence-electron chi connectivity index (χ0n) is 11.0. The molecule has 0 heterocycles. The number of amides is 1. The lowest BCUT2D eigenvalue weighted by Gasteiger charge is -2.10. The van der Waals surface area contributed by atoms with Crippen LogP contribution in [0.15, 0.2) is 36.4 Å². The second kappa shape index (κ2) is 5.84. The van der Waals surface area contributed by atoms with Gasteiger partial charge in [0, 0.05) is 17.8 Å². The first-order valence-corrected chi connectivity index (χ1v) is 6.47. The van der Waals surface area contributed by atoms with Gasteiger partial charge in [-0.2, -0.15) is 0 Å². The van der Waals surface area contributed by atoms with Gasteiger partial charge in [-0.05, 0) is 31.2 Å². The first kappa shape index (κ1) is 14.2. The summed E-state index contributed by atoms with van der Waals surface area (Å²) in [5.74, 6) is -0.319. The van der Waals surface area contributed by atoms with Gasteiger partial charge in [0.05, 0.1) is 10.6 Å². The van der Waals surface area contributed by atoms with Crippen molar-refractivity contribution in [1.29, 1.82) is 0 Å². The van der Waals surface area contributed by atoms with Crippen LogP contribution in [0, 0.1) is 6.92 Å². The van der Waals surface area contributed by atoms with Crippen molar-refractivity contribution in [2.24, 2.45) is 5.73 Å². The number of rotatable bonds is 4. The van der Waals surface area contributed by atoms with Crippen molar-refractivity contribution in [2.45, 2.75) is 13.5 Å². The minimum Gasteiger partial charge on any atom is -0.508 e. The summed E-state index contributed by atoms with van der Waals surface area (Å²) in [5.41, 5.74) is 8.09. The number of carbonyl (C=O) groups excluding carboxylic acids is 1. The molecule has 20 heavy (non-hydrogen) atoms. The van der Waals surface area contributed by atoms with Crippen molar-refractivity contribution in [1.82, 2.24) is 0 Å². The standard InChI is InChI=1S/C15H15ClN2O2/c1-9-2-5-14(19)10(6-9)8-18-11-3-4-12(15(17)20)13(16)7-11/h2-7,18-19H,8H2,1H3,(H2,17,20). The van der Waals surface area contributed by atoms with Crippen molar-refractivity contribution in [3.63, 3.8) is 0 Å². The predicted octanol–water partition coefficient (Wildman–Crippen LogP) is 3.07. The Morgan fingerprint density at radius 3 is 2.70 bits per heavy atom. The fraction of sp³-hybridized carbons (Fsp3) is 0.133. The number of halogens is 1. The number of hydrogen-bond acceptors (Lipinski definition) is 3. The van der Waals surface area contributed by atoms with Gasteiger partial charge in [0.2, 0.25) is 5.91 Å². The van der Waals surface area contributed by atoms with Crippen molar-refractivity contribution in [3.05, 3.63) is 58.1 Å². The Morgan fingerprint density at radius 2 is 2.05 bits per heavy atom. The minimum absolute atomic E-state index is 0.239. The molecule has 0 saturated carbocycles. The van der Waals surface area contributed by atoms with Crippen LogP contribution in [0.3, 0.4) is 0 Å². The summed E-state index contributed by atoms with van der Waals surface area (Å²) >= 11 is 5.97. The fourth-order valence-corrected chi connectivity index (χ4v) is 2.15. The van der Waals surface area contributed by atoms with Gasteiger partial charge in [-0.3, -0.25) is 4.79 Å². The van der Waals surface area contributed by atoms with Crippen LogP contribution in [0.2, 0.25) is 5.02 Å². The molecule has 0 aliphatic carbocycles. The van der Waals surface area contributed by atoms with Gasteiger partial charge in [-0.15, -0.1) is 0 Å². The maximum atomic E-state index is 11.1. The van der Waals surface area contributed by atoms with Crippen LogP contribution in [0.25, 0.3) is 0 Å². The number of aromatic hydroxyl groups is 1. The Kier molecular flexibility index (Phi) is 4.15. The van der Waals surface area contributed by atoms with E-state index < -0.39 is 5.91 Å². The number of carbonyl (C=O) groups is 1. The van der Waals surface area contributed by atoms with Crippen LogP contribution >= 0.6 is 11.6 Å². The van der Waals surface area contributed by atoms with Gasteiger partial charge in [0.1, 0.15) is 5.75 Å². The highest BCUT2D eigenvalue weighted by molar-refractivity contribution is 6.34. The van der Waals surface area contributed by atoms with E-state index >= 15 is 0 Å². The molecular weight excluding hydrogens is 276 g/mol. The van der Waals surface area contributed by atoms with E-state index in [4.69, 9.17) is 17.3 Å². The zero-order valence-corrected chi connectivity index (χ0v) is 11.7. The summed E-state index contributed by atoms with van der Waals surface area (Å²) in [4.78, 5) is 11.1. The highest BCUT2D eigenvalue weighted by atomic mass is 35.5. The number of primary amides is 1. The molecule has 0 radical (unpaired) electrons. The SMILES string of the molecule is Cc1ccc(O)c(CNc2ccc(C(N)=O)c(Cl)c2)c1. The Hall–Kier alpha value is -2.20. The smallest absolute Gasteiger partial charge is 0.250 e. The average molecular weight is 291 g/mol. The van der Waals surface area contributed by atoms with E-state index in [9.17, 15) is 9.90 Å².